The summed E-state index contributed by atoms with van der Waals surface area (Å²) in [5.41, 5.74) is 2.50. The van der Waals surface area contributed by atoms with Gasteiger partial charge in [-0.3, -0.25) is 9.36 Å². The van der Waals surface area contributed by atoms with Gasteiger partial charge in [0.15, 0.2) is 5.16 Å². The molecule has 1 aliphatic rings. The highest BCUT2D eigenvalue weighted by molar-refractivity contribution is 7.99. The topological polar surface area (TPSA) is 60.7 Å². The van der Waals surface area contributed by atoms with Gasteiger partial charge in [0.1, 0.15) is 21.0 Å². The van der Waals surface area contributed by atoms with Crippen LogP contribution in [0.4, 0.5) is 0 Å². The zero-order chi connectivity index (χ0) is 18.7. The van der Waals surface area contributed by atoms with Crippen LogP contribution in [-0.4, -0.2) is 19.5 Å². The van der Waals surface area contributed by atoms with E-state index in [-0.39, 0.29) is 5.56 Å². The monoisotopic (exact) mass is 414 g/mol. The van der Waals surface area contributed by atoms with Crippen molar-refractivity contribution in [3.8, 4) is 0 Å². The summed E-state index contributed by atoms with van der Waals surface area (Å²) in [5, 5.41) is 3.46. The Hall–Kier alpha value is -1.77. The Kier molecular flexibility index (Phi) is 4.10. The molecule has 138 valence electrons. The van der Waals surface area contributed by atoms with E-state index in [1.165, 1.54) is 39.1 Å². The van der Waals surface area contributed by atoms with Crippen LogP contribution in [0.1, 0.15) is 33.7 Å². The molecule has 4 aromatic heterocycles. The maximum Gasteiger partial charge on any atom is 0.262 e. The highest BCUT2D eigenvalue weighted by atomic mass is 32.2. The van der Waals surface area contributed by atoms with Gasteiger partial charge in [-0.05, 0) is 62.4 Å². The molecule has 0 N–H and O–H groups in total. The summed E-state index contributed by atoms with van der Waals surface area (Å²) in [6.07, 6.45) is 6.03. The van der Waals surface area contributed by atoms with Crippen molar-refractivity contribution in [3.63, 3.8) is 0 Å². The molecule has 0 saturated heterocycles. The summed E-state index contributed by atoms with van der Waals surface area (Å²) in [5.74, 6) is 0. The smallest absolute Gasteiger partial charge is 0.262 e. The van der Waals surface area contributed by atoms with E-state index in [9.17, 15) is 4.79 Å². The summed E-state index contributed by atoms with van der Waals surface area (Å²) >= 11 is 4.83. The predicted octanol–water partition coefficient (Wildman–Crippen LogP) is 4.65. The molecule has 0 spiro atoms. The average molecular weight is 415 g/mol. The second-order valence-electron chi connectivity index (χ2n) is 6.89. The molecule has 5 rings (SSSR count). The van der Waals surface area contributed by atoms with Gasteiger partial charge >= 0.3 is 0 Å². The maximum absolute atomic E-state index is 13.1. The summed E-state index contributed by atoms with van der Waals surface area (Å²) in [6, 6.07) is 0. The number of nitrogens with zero attached hydrogens (tertiary/aromatic N) is 4. The lowest BCUT2D eigenvalue weighted by atomic mass is 9.97. The number of aromatic nitrogens is 4. The molecule has 4 aromatic rings. The molecule has 1 aliphatic carbocycles. The summed E-state index contributed by atoms with van der Waals surface area (Å²) in [4.78, 5) is 31.3. The molecule has 5 nitrogen and oxygen atoms in total. The number of aryl methyl sites for hydroxylation is 4. The Labute approximate surface area is 168 Å². The molecule has 8 heteroatoms. The molecular formula is C19H18N4OS3. The third-order valence-corrected chi connectivity index (χ3v) is 8.63. The van der Waals surface area contributed by atoms with Gasteiger partial charge in [0.25, 0.3) is 5.56 Å². The summed E-state index contributed by atoms with van der Waals surface area (Å²) in [7, 11) is 1.81. The first-order valence-electron chi connectivity index (χ1n) is 8.94. The minimum Gasteiger partial charge on any atom is -0.290 e. The quantitative estimate of drug-likeness (QED) is 0.353. The van der Waals surface area contributed by atoms with Crippen molar-refractivity contribution in [1.82, 2.24) is 19.5 Å². The normalized spacial score (nSPS) is 14.2. The second kappa shape index (κ2) is 6.39. The van der Waals surface area contributed by atoms with E-state index in [1.807, 2.05) is 7.05 Å². The van der Waals surface area contributed by atoms with Gasteiger partial charge in [-0.15, -0.1) is 22.7 Å². The van der Waals surface area contributed by atoms with Crippen LogP contribution in [-0.2, 0) is 19.9 Å². The van der Waals surface area contributed by atoms with Gasteiger partial charge < -0.3 is 0 Å². The van der Waals surface area contributed by atoms with Crippen molar-refractivity contribution in [2.45, 2.75) is 49.7 Å². The van der Waals surface area contributed by atoms with Crippen molar-refractivity contribution in [2.24, 2.45) is 7.05 Å². The van der Waals surface area contributed by atoms with Gasteiger partial charge in [0, 0.05) is 22.2 Å². The van der Waals surface area contributed by atoms with E-state index in [4.69, 9.17) is 4.98 Å². The molecule has 0 aromatic carbocycles. The fraction of sp³-hybridized carbons (Fsp3) is 0.368. The number of hydrogen-bond acceptors (Lipinski definition) is 7. The number of fused-ring (bicyclic) bond motifs is 4. The van der Waals surface area contributed by atoms with Crippen LogP contribution >= 0.6 is 34.4 Å². The SMILES string of the molecule is Cc1sc2ncnc(Sc3nc4sc5c(c4c(=O)n3C)CCCC5)c2c1C. The van der Waals surface area contributed by atoms with Gasteiger partial charge in [0.05, 0.1) is 5.39 Å². The van der Waals surface area contributed by atoms with Crippen LogP contribution in [0.3, 0.4) is 0 Å². The molecule has 0 saturated carbocycles. The maximum atomic E-state index is 13.1. The van der Waals surface area contributed by atoms with Crippen LogP contribution in [0, 0.1) is 13.8 Å². The number of thiophene rings is 2. The molecular weight excluding hydrogens is 396 g/mol. The molecule has 27 heavy (non-hydrogen) atoms. The first-order chi connectivity index (χ1) is 13.0. The number of hydrogen-bond donors (Lipinski definition) is 0. The molecule has 0 atom stereocenters. The lowest BCUT2D eigenvalue weighted by Crippen LogP contribution is -2.20. The van der Waals surface area contributed by atoms with Gasteiger partial charge in [-0.25, -0.2) is 15.0 Å². The van der Waals surface area contributed by atoms with Gasteiger partial charge in [-0.2, -0.15) is 0 Å². The lowest BCUT2D eigenvalue weighted by Gasteiger charge is -2.11. The largest absolute Gasteiger partial charge is 0.290 e. The first-order valence-corrected chi connectivity index (χ1v) is 11.4. The predicted molar refractivity (Wildman–Crippen MR) is 113 cm³/mol. The molecule has 0 amide bonds. The zero-order valence-electron chi connectivity index (χ0n) is 15.3. The Morgan fingerprint density at radius 1 is 1.07 bits per heavy atom. The Morgan fingerprint density at radius 3 is 2.74 bits per heavy atom. The molecule has 0 radical (unpaired) electrons. The van der Waals surface area contributed by atoms with E-state index in [0.29, 0.717) is 5.16 Å². The van der Waals surface area contributed by atoms with E-state index < -0.39 is 0 Å². The standard InChI is InChI=1S/C19H18N4OS3/c1-9-10(2)25-15-13(9)16(21-8-20-15)27-19-22-17-14(18(24)23(19)3)11-6-4-5-7-12(11)26-17/h8H,4-7H2,1-3H3. The van der Waals surface area contributed by atoms with Crippen LogP contribution < -0.4 is 5.56 Å². The van der Waals surface area contributed by atoms with Crippen LogP contribution in [0.2, 0.25) is 0 Å². The van der Waals surface area contributed by atoms with Crippen molar-refractivity contribution in [2.75, 3.05) is 0 Å². The minimum absolute atomic E-state index is 0.0606. The molecule has 0 aliphatic heterocycles. The Balaban J connectivity index is 1.68. The van der Waals surface area contributed by atoms with Crippen molar-refractivity contribution in [1.29, 1.82) is 0 Å². The second-order valence-corrected chi connectivity index (χ2v) is 10.1. The minimum atomic E-state index is 0.0606. The summed E-state index contributed by atoms with van der Waals surface area (Å²) in [6.45, 7) is 4.21. The fourth-order valence-electron chi connectivity index (χ4n) is 3.67. The molecule has 0 fully saturated rings. The third-order valence-electron chi connectivity index (χ3n) is 5.27. The van der Waals surface area contributed by atoms with E-state index in [1.54, 1.807) is 33.6 Å². The molecule has 4 heterocycles. The molecule has 0 bridgehead atoms. The van der Waals surface area contributed by atoms with Crippen LogP contribution in [0.15, 0.2) is 21.3 Å². The molecule has 0 unspecified atom stereocenters. The fourth-order valence-corrected chi connectivity index (χ4v) is 7.02. The van der Waals surface area contributed by atoms with E-state index >= 15 is 0 Å². The van der Waals surface area contributed by atoms with E-state index in [0.717, 1.165) is 44.7 Å². The number of rotatable bonds is 2. The third kappa shape index (κ3) is 2.65. The first kappa shape index (κ1) is 17.3. The highest BCUT2D eigenvalue weighted by Gasteiger charge is 2.22. The summed E-state index contributed by atoms with van der Waals surface area (Å²) < 4.78 is 1.68. The van der Waals surface area contributed by atoms with E-state index in [2.05, 4.69) is 23.8 Å². The lowest BCUT2D eigenvalue weighted by molar-refractivity contribution is 0.695. The Morgan fingerprint density at radius 2 is 1.89 bits per heavy atom. The van der Waals surface area contributed by atoms with Crippen molar-refractivity contribution >= 4 is 54.9 Å². The van der Waals surface area contributed by atoms with Crippen molar-refractivity contribution < 1.29 is 0 Å². The van der Waals surface area contributed by atoms with Crippen molar-refractivity contribution in [3.05, 3.63) is 37.6 Å². The Bertz CT molecular complexity index is 1270. The van der Waals surface area contributed by atoms with Gasteiger partial charge in [-0.1, -0.05) is 0 Å². The highest BCUT2D eigenvalue weighted by Crippen LogP contribution is 2.38. The van der Waals surface area contributed by atoms with Crippen LogP contribution in [0.25, 0.3) is 20.4 Å². The van der Waals surface area contributed by atoms with Gasteiger partial charge in [0.2, 0.25) is 0 Å². The average Bonchev–Trinajstić information content (AvgIpc) is 3.17. The van der Waals surface area contributed by atoms with Crippen LogP contribution in [0.5, 0.6) is 0 Å². The zero-order valence-corrected chi connectivity index (χ0v) is 17.8.